The normalized spacial score (nSPS) is 14.7. The summed E-state index contributed by atoms with van der Waals surface area (Å²) in [4.78, 5) is 0. The molecule has 0 spiro atoms. The predicted molar refractivity (Wildman–Crippen MR) is 122 cm³/mol. The number of unbranched alkanes of at least 4 members (excludes halogenated alkanes) is 13. The quantitative estimate of drug-likeness (QED) is 0.188. The highest BCUT2D eigenvalue weighted by atomic mass is 32.3. The molecule has 0 aromatic carbocycles. The maximum Gasteiger partial charge on any atom is 0.397 e. The molecule has 2 atom stereocenters. The van der Waals surface area contributed by atoms with Crippen LogP contribution in [-0.4, -0.2) is 37.3 Å². The van der Waals surface area contributed by atoms with Gasteiger partial charge in [0.1, 0.15) is 0 Å². The zero-order chi connectivity index (χ0) is 22.6. The minimum atomic E-state index is -4.16. The third-order valence-electron chi connectivity index (χ3n) is 5.68. The average molecular weight is 440 g/mol. The number of aliphatic hydroxyl groups is 1. The summed E-state index contributed by atoms with van der Waals surface area (Å²) in [6.07, 6.45) is 20.6. The Morgan fingerprint density at radius 1 is 0.862 bits per heavy atom. The van der Waals surface area contributed by atoms with E-state index in [2.05, 4.69) is 18.0 Å². The van der Waals surface area contributed by atoms with Crippen LogP contribution in [0.4, 0.5) is 0 Å². The molecule has 0 aromatic rings. The Balaban J connectivity index is 0. The maximum absolute atomic E-state index is 10.1. The highest BCUT2D eigenvalue weighted by Gasteiger charge is 2.25. The molecule has 178 valence electrons. The predicted octanol–water partition coefficient (Wildman–Crippen LogP) is 5.64. The molecule has 0 bridgehead atoms. The van der Waals surface area contributed by atoms with Crippen molar-refractivity contribution in [3.63, 3.8) is 0 Å². The largest absolute Gasteiger partial charge is 0.397 e. The monoisotopic (exact) mass is 439 g/mol. The molecule has 0 saturated heterocycles. The molecule has 4 N–H and O–H groups in total. The van der Waals surface area contributed by atoms with E-state index < -0.39 is 16.0 Å². The van der Waals surface area contributed by atoms with Crippen LogP contribution >= 0.6 is 0 Å². The summed E-state index contributed by atoms with van der Waals surface area (Å²) in [6.45, 7) is 6.63. The van der Waals surface area contributed by atoms with Crippen molar-refractivity contribution in [1.82, 2.24) is 0 Å². The summed E-state index contributed by atoms with van der Waals surface area (Å²) in [6, 6.07) is 0. The van der Waals surface area contributed by atoms with Gasteiger partial charge in [0.25, 0.3) is 0 Å². The van der Waals surface area contributed by atoms with Gasteiger partial charge in [0, 0.05) is 6.54 Å². The van der Waals surface area contributed by atoms with Crippen molar-refractivity contribution < 1.29 is 22.3 Å². The van der Waals surface area contributed by atoms with E-state index >= 15 is 0 Å². The molecule has 0 fully saturated rings. The molecule has 0 aliphatic heterocycles. The Kier molecular flexibility index (Phi) is 21.1. The first-order valence-corrected chi connectivity index (χ1v) is 12.9. The highest BCUT2D eigenvalue weighted by molar-refractivity contribution is 7.80. The standard InChI is InChI=1S/C21H45NO.CH4O4S/c1-4-5-6-7-8-9-10-11-12-13-14-15-16-17-18-20(2)21(3,23)19-22;1-5-6(2,3)4/h20,23H,4-19,22H2,1-3H3;1H3,(H,2,3,4). The van der Waals surface area contributed by atoms with E-state index in [-0.39, 0.29) is 0 Å². The van der Waals surface area contributed by atoms with Crippen LogP contribution in [0, 0.1) is 5.92 Å². The number of hydrogen-bond acceptors (Lipinski definition) is 5. The van der Waals surface area contributed by atoms with E-state index in [1.54, 1.807) is 0 Å². The first-order chi connectivity index (χ1) is 13.6. The zero-order valence-electron chi connectivity index (χ0n) is 19.5. The van der Waals surface area contributed by atoms with Crippen molar-refractivity contribution in [1.29, 1.82) is 0 Å². The van der Waals surface area contributed by atoms with Crippen molar-refractivity contribution in [3.8, 4) is 0 Å². The third-order valence-corrected chi connectivity index (χ3v) is 6.10. The molecule has 0 amide bonds. The Bertz CT molecular complexity index is 440. The van der Waals surface area contributed by atoms with Crippen molar-refractivity contribution >= 4 is 10.4 Å². The minimum absolute atomic E-state index is 0.310. The van der Waals surface area contributed by atoms with Crippen LogP contribution < -0.4 is 5.73 Å². The van der Waals surface area contributed by atoms with Crippen LogP contribution in [0.15, 0.2) is 0 Å². The minimum Gasteiger partial charge on any atom is -0.389 e. The fourth-order valence-corrected chi connectivity index (χ4v) is 3.16. The van der Waals surface area contributed by atoms with Crippen LogP contribution in [0.2, 0.25) is 0 Å². The van der Waals surface area contributed by atoms with Gasteiger partial charge < -0.3 is 10.8 Å². The van der Waals surface area contributed by atoms with E-state index in [4.69, 9.17) is 10.3 Å². The summed E-state index contributed by atoms with van der Waals surface area (Å²) in [7, 11) is -3.29. The number of hydrogen-bond donors (Lipinski definition) is 3. The lowest BCUT2D eigenvalue weighted by molar-refractivity contribution is 0.0106. The smallest absolute Gasteiger partial charge is 0.389 e. The molecule has 29 heavy (non-hydrogen) atoms. The number of rotatable bonds is 18. The fraction of sp³-hybridized carbons (Fsp3) is 1.00. The molecule has 0 saturated carbocycles. The first-order valence-electron chi connectivity index (χ1n) is 11.6. The summed E-state index contributed by atoms with van der Waals surface area (Å²) in [5.74, 6) is 0.310. The lowest BCUT2D eigenvalue weighted by atomic mass is 9.86. The van der Waals surface area contributed by atoms with E-state index in [9.17, 15) is 13.5 Å². The van der Waals surface area contributed by atoms with Gasteiger partial charge in [-0.05, 0) is 19.3 Å². The van der Waals surface area contributed by atoms with Gasteiger partial charge in [0.15, 0.2) is 0 Å². The molecule has 0 heterocycles. The lowest BCUT2D eigenvalue weighted by Gasteiger charge is -2.28. The van der Waals surface area contributed by atoms with Gasteiger partial charge in [-0.2, -0.15) is 8.42 Å². The van der Waals surface area contributed by atoms with E-state index in [1.165, 1.54) is 89.9 Å². The average Bonchev–Trinajstić information content (AvgIpc) is 2.67. The van der Waals surface area contributed by atoms with E-state index in [0.717, 1.165) is 13.5 Å². The van der Waals surface area contributed by atoms with Crippen LogP contribution in [0.1, 0.15) is 117 Å². The van der Waals surface area contributed by atoms with Crippen molar-refractivity contribution in [2.75, 3.05) is 13.7 Å². The molecule has 0 aromatic heterocycles. The van der Waals surface area contributed by atoms with Crippen LogP contribution in [0.25, 0.3) is 0 Å². The third kappa shape index (κ3) is 23.9. The van der Waals surface area contributed by atoms with Gasteiger partial charge in [-0.3, -0.25) is 8.74 Å². The molecular formula is C22H49NO5S. The summed E-state index contributed by atoms with van der Waals surface area (Å²) < 4.78 is 29.7. The van der Waals surface area contributed by atoms with Gasteiger partial charge in [-0.25, -0.2) is 0 Å². The first kappa shape index (κ1) is 31.0. The molecule has 0 radical (unpaired) electrons. The van der Waals surface area contributed by atoms with Crippen LogP contribution in [0.5, 0.6) is 0 Å². The second-order valence-electron chi connectivity index (χ2n) is 8.44. The second kappa shape index (κ2) is 19.7. The molecule has 0 rings (SSSR count). The Hall–Kier alpha value is -0.210. The SMILES string of the molecule is CCCCCCCCCCCCCCCCC(C)C(C)(O)CN.COS(=O)(=O)O. The zero-order valence-corrected chi connectivity index (χ0v) is 20.3. The number of nitrogens with two attached hydrogens (primary N) is 1. The molecular weight excluding hydrogens is 390 g/mol. The van der Waals surface area contributed by atoms with Gasteiger partial charge in [-0.15, -0.1) is 0 Å². The molecule has 2 unspecified atom stereocenters. The second-order valence-corrected chi connectivity index (χ2v) is 9.63. The topological polar surface area (TPSA) is 110 Å². The Labute approximate surface area is 180 Å². The Morgan fingerprint density at radius 2 is 1.17 bits per heavy atom. The summed E-state index contributed by atoms with van der Waals surface area (Å²) in [5, 5.41) is 10.1. The Morgan fingerprint density at radius 3 is 1.45 bits per heavy atom. The summed E-state index contributed by atoms with van der Waals surface area (Å²) in [5.41, 5.74) is 4.92. The molecule has 0 aliphatic rings. The highest BCUT2D eigenvalue weighted by Crippen LogP contribution is 2.22. The van der Waals surface area contributed by atoms with Crippen molar-refractivity contribution in [2.24, 2.45) is 11.7 Å². The lowest BCUT2D eigenvalue weighted by Crippen LogP contribution is -2.40. The van der Waals surface area contributed by atoms with Gasteiger partial charge in [0.2, 0.25) is 0 Å². The van der Waals surface area contributed by atoms with Gasteiger partial charge >= 0.3 is 10.4 Å². The summed E-state index contributed by atoms with van der Waals surface area (Å²) >= 11 is 0. The molecule has 6 nitrogen and oxygen atoms in total. The van der Waals surface area contributed by atoms with Gasteiger partial charge in [-0.1, -0.05) is 104 Å². The fourth-order valence-electron chi connectivity index (χ4n) is 3.16. The maximum atomic E-state index is 10.1. The van der Waals surface area contributed by atoms with Crippen molar-refractivity contribution in [3.05, 3.63) is 0 Å². The van der Waals surface area contributed by atoms with Crippen LogP contribution in [-0.2, 0) is 14.6 Å². The van der Waals surface area contributed by atoms with E-state index in [0.29, 0.717) is 12.5 Å². The van der Waals surface area contributed by atoms with Crippen LogP contribution in [0.3, 0.4) is 0 Å². The van der Waals surface area contributed by atoms with Crippen molar-refractivity contribution in [2.45, 2.75) is 123 Å². The van der Waals surface area contributed by atoms with Gasteiger partial charge in [0.05, 0.1) is 12.7 Å². The molecule has 0 aliphatic carbocycles. The molecule has 7 heteroatoms. The van der Waals surface area contributed by atoms with E-state index in [1.807, 2.05) is 6.92 Å².